The van der Waals surface area contributed by atoms with Crippen molar-refractivity contribution in [2.24, 2.45) is 0 Å². The molecule has 1 saturated heterocycles. The zero-order chi connectivity index (χ0) is 16.3. The smallest absolute Gasteiger partial charge is 0.416 e. The first kappa shape index (κ1) is 16.1. The van der Waals surface area contributed by atoms with Crippen molar-refractivity contribution in [3.8, 4) is 0 Å². The summed E-state index contributed by atoms with van der Waals surface area (Å²) in [7, 11) is 0. The third kappa shape index (κ3) is 3.49. The normalized spacial score (nSPS) is 15.4. The molecule has 1 aromatic rings. The lowest BCUT2D eigenvalue weighted by molar-refractivity contribution is -0.148. The average Bonchev–Trinajstić information content (AvgIpc) is 2.80. The third-order valence-corrected chi connectivity index (χ3v) is 3.17. The van der Waals surface area contributed by atoms with Crippen molar-refractivity contribution >= 4 is 17.6 Å². The first-order valence-electron chi connectivity index (χ1n) is 6.73. The number of halogens is 3. The van der Waals surface area contributed by atoms with Crippen molar-refractivity contribution in [2.45, 2.75) is 19.5 Å². The number of nitrogens with zero attached hydrogens (tertiary/aromatic N) is 2. The first-order chi connectivity index (χ1) is 10.3. The Bertz CT molecular complexity index is 575. The van der Waals surface area contributed by atoms with Crippen LogP contribution in [0.4, 0.5) is 18.9 Å². The molecule has 0 saturated carbocycles. The molecule has 5 nitrogen and oxygen atoms in total. The van der Waals surface area contributed by atoms with Crippen LogP contribution < -0.4 is 5.01 Å². The standard InChI is InChI=1S/C14H15F3N2O3/c1-2-22-13(21)9-19-12(20)6-7-18(19)11-5-3-4-10(8-11)14(15,16)17/h3-5,8H,2,6-7,9H2,1H3. The highest BCUT2D eigenvalue weighted by molar-refractivity contribution is 5.86. The minimum absolute atomic E-state index is 0.135. The number of hydrogen-bond donors (Lipinski definition) is 0. The molecule has 1 aliphatic heterocycles. The molecule has 0 N–H and O–H groups in total. The number of benzene rings is 1. The van der Waals surface area contributed by atoms with E-state index in [4.69, 9.17) is 4.74 Å². The van der Waals surface area contributed by atoms with Gasteiger partial charge in [-0.15, -0.1) is 0 Å². The summed E-state index contributed by atoms with van der Waals surface area (Å²) >= 11 is 0. The van der Waals surface area contributed by atoms with Gasteiger partial charge in [-0.2, -0.15) is 13.2 Å². The molecule has 1 heterocycles. The van der Waals surface area contributed by atoms with Gasteiger partial charge in [0.2, 0.25) is 5.91 Å². The zero-order valence-corrected chi connectivity index (χ0v) is 11.9. The molecule has 8 heteroatoms. The van der Waals surface area contributed by atoms with Crippen molar-refractivity contribution in [2.75, 3.05) is 24.7 Å². The van der Waals surface area contributed by atoms with Gasteiger partial charge in [0.05, 0.1) is 17.9 Å². The Balaban J connectivity index is 2.23. The van der Waals surface area contributed by atoms with Gasteiger partial charge in [0.15, 0.2) is 0 Å². The van der Waals surface area contributed by atoms with Gasteiger partial charge in [-0.25, -0.2) is 5.01 Å². The van der Waals surface area contributed by atoms with Gasteiger partial charge in [-0.05, 0) is 25.1 Å². The number of hydrazine groups is 1. The first-order valence-corrected chi connectivity index (χ1v) is 6.73. The predicted molar refractivity (Wildman–Crippen MR) is 71.8 cm³/mol. The molecule has 1 amide bonds. The molecule has 1 fully saturated rings. The van der Waals surface area contributed by atoms with Gasteiger partial charge in [-0.3, -0.25) is 14.6 Å². The van der Waals surface area contributed by atoms with E-state index in [1.807, 2.05) is 0 Å². The van der Waals surface area contributed by atoms with Crippen LogP contribution in [0.5, 0.6) is 0 Å². The molecule has 22 heavy (non-hydrogen) atoms. The van der Waals surface area contributed by atoms with Crippen LogP contribution in [-0.2, 0) is 20.5 Å². The van der Waals surface area contributed by atoms with Gasteiger partial charge in [0.1, 0.15) is 6.54 Å². The highest BCUT2D eigenvalue weighted by Crippen LogP contribution is 2.32. The fraction of sp³-hybridized carbons (Fsp3) is 0.429. The molecule has 2 rings (SSSR count). The number of hydrogen-bond acceptors (Lipinski definition) is 4. The molecule has 0 unspecified atom stereocenters. The predicted octanol–water partition coefficient (Wildman–Crippen LogP) is 2.22. The molecule has 0 aliphatic carbocycles. The number of carbonyl (C=O) groups excluding carboxylic acids is 2. The van der Waals surface area contributed by atoms with E-state index in [1.165, 1.54) is 17.1 Å². The van der Waals surface area contributed by atoms with Crippen LogP contribution in [0, 0.1) is 0 Å². The second kappa shape index (κ2) is 6.25. The van der Waals surface area contributed by atoms with Crippen molar-refractivity contribution in [3.05, 3.63) is 29.8 Å². The second-order valence-electron chi connectivity index (χ2n) is 4.68. The highest BCUT2D eigenvalue weighted by atomic mass is 19.4. The molecule has 0 aromatic heterocycles. The SMILES string of the molecule is CCOC(=O)CN1C(=O)CCN1c1cccc(C(F)(F)F)c1. The Labute approximate surface area is 125 Å². The summed E-state index contributed by atoms with van der Waals surface area (Å²) in [5, 5.41) is 2.49. The molecule has 0 spiro atoms. The van der Waals surface area contributed by atoms with Crippen LogP contribution >= 0.6 is 0 Å². The van der Waals surface area contributed by atoms with E-state index in [9.17, 15) is 22.8 Å². The van der Waals surface area contributed by atoms with E-state index in [1.54, 1.807) is 6.92 Å². The molecule has 1 aromatic carbocycles. The molecule has 0 radical (unpaired) electrons. The average molecular weight is 316 g/mol. The number of anilines is 1. The number of esters is 1. The summed E-state index contributed by atoms with van der Waals surface area (Å²) in [6.07, 6.45) is -4.33. The Kier molecular flexibility index (Phi) is 4.58. The molecule has 120 valence electrons. The number of alkyl halides is 3. The van der Waals surface area contributed by atoms with E-state index in [-0.39, 0.29) is 37.7 Å². The topological polar surface area (TPSA) is 49.9 Å². The lowest BCUT2D eigenvalue weighted by Crippen LogP contribution is -2.43. The summed E-state index contributed by atoms with van der Waals surface area (Å²) in [4.78, 5) is 23.4. The summed E-state index contributed by atoms with van der Waals surface area (Å²) in [5.74, 6) is -0.930. The largest absolute Gasteiger partial charge is 0.465 e. The Morgan fingerprint density at radius 2 is 2.09 bits per heavy atom. The number of carbonyl (C=O) groups is 2. The van der Waals surface area contributed by atoms with Crippen LogP contribution in [0.3, 0.4) is 0 Å². The number of rotatable bonds is 4. The minimum atomic E-state index is -4.47. The maximum absolute atomic E-state index is 12.8. The third-order valence-electron chi connectivity index (χ3n) is 3.17. The van der Waals surface area contributed by atoms with Gasteiger partial charge in [0, 0.05) is 13.0 Å². The van der Waals surface area contributed by atoms with Crippen LogP contribution in [0.25, 0.3) is 0 Å². The van der Waals surface area contributed by atoms with Crippen molar-refractivity contribution in [3.63, 3.8) is 0 Å². The fourth-order valence-electron chi connectivity index (χ4n) is 2.20. The molecular weight excluding hydrogens is 301 g/mol. The lowest BCUT2D eigenvalue weighted by atomic mass is 10.2. The Hall–Kier alpha value is -2.25. The van der Waals surface area contributed by atoms with Gasteiger partial charge in [0.25, 0.3) is 0 Å². The summed E-state index contributed by atoms with van der Waals surface area (Å²) in [5.41, 5.74) is -0.592. The van der Waals surface area contributed by atoms with Gasteiger partial charge >= 0.3 is 12.1 Å². The van der Waals surface area contributed by atoms with Gasteiger partial charge in [-0.1, -0.05) is 6.07 Å². The molecular formula is C14H15F3N2O3. The second-order valence-corrected chi connectivity index (χ2v) is 4.68. The van der Waals surface area contributed by atoms with Crippen molar-refractivity contribution in [1.29, 1.82) is 0 Å². The van der Waals surface area contributed by atoms with E-state index in [0.29, 0.717) is 0 Å². The maximum atomic E-state index is 12.8. The van der Waals surface area contributed by atoms with E-state index in [0.717, 1.165) is 17.1 Å². The molecule has 0 bridgehead atoms. The van der Waals surface area contributed by atoms with Gasteiger partial charge < -0.3 is 4.74 Å². The van der Waals surface area contributed by atoms with Crippen molar-refractivity contribution < 1.29 is 27.5 Å². The highest BCUT2D eigenvalue weighted by Gasteiger charge is 2.34. The lowest BCUT2D eigenvalue weighted by Gasteiger charge is -2.29. The summed E-state index contributed by atoms with van der Waals surface area (Å²) < 4.78 is 43.1. The summed E-state index contributed by atoms with van der Waals surface area (Å²) in [6, 6.07) is 4.64. The van der Waals surface area contributed by atoms with Crippen LogP contribution in [0.2, 0.25) is 0 Å². The monoisotopic (exact) mass is 316 g/mol. The maximum Gasteiger partial charge on any atom is 0.416 e. The molecule has 0 atom stereocenters. The minimum Gasteiger partial charge on any atom is -0.465 e. The van der Waals surface area contributed by atoms with E-state index >= 15 is 0 Å². The van der Waals surface area contributed by atoms with Crippen LogP contribution in [0.1, 0.15) is 18.9 Å². The number of amides is 1. The fourth-order valence-corrected chi connectivity index (χ4v) is 2.20. The summed E-state index contributed by atoms with van der Waals surface area (Å²) in [6.45, 7) is 1.71. The number of ether oxygens (including phenoxy) is 1. The van der Waals surface area contributed by atoms with Crippen LogP contribution in [-0.4, -0.2) is 36.6 Å². The van der Waals surface area contributed by atoms with Crippen LogP contribution in [0.15, 0.2) is 24.3 Å². The Morgan fingerprint density at radius 3 is 2.73 bits per heavy atom. The zero-order valence-electron chi connectivity index (χ0n) is 11.9. The van der Waals surface area contributed by atoms with Crippen molar-refractivity contribution in [1.82, 2.24) is 5.01 Å². The molecule has 1 aliphatic rings. The quantitative estimate of drug-likeness (QED) is 0.799. The van der Waals surface area contributed by atoms with E-state index in [2.05, 4.69) is 0 Å². The Morgan fingerprint density at radius 1 is 1.36 bits per heavy atom. The van der Waals surface area contributed by atoms with E-state index < -0.39 is 17.7 Å².